The number of nitrogen functional groups attached to an aromatic ring is 1. The third kappa shape index (κ3) is 4.87. The molecule has 1 unspecified atom stereocenters. The first kappa shape index (κ1) is 30.2. The lowest BCUT2D eigenvalue weighted by atomic mass is 9.95. The molecule has 244 valence electrons. The van der Waals surface area contributed by atoms with Gasteiger partial charge < -0.3 is 20.7 Å². The van der Waals surface area contributed by atoms with Gasteiger partial charge in [0.15, 0.2) is 5.82 Å². The van der Waals surface area contributed by atoms with Crippen LogP contribution in [-0.2, 0) is 0 Å². The van der Waals surface area contributed by atoms with E-state index in [2.05, 4.69) is 25.2 Å². The molecule has 15 heteroatoms. The van der Waals surface area contributed by atoms with E-state index in [4.69, 9.17) is 10.5 Å². The Kier molecular flexibility index (Phi) is 7.05. The fourth-order valence-electron chi connectivity index (χ4n) is 8.11. The molecule has 2 bridgehead atoms. The fraction of sp³-hybridized carbons (Fsp3) is 0.438. The number of rotatable bonds is 6. The van der Waals surface area contributed by atoms with E-state index in [1.165, 1.54) is 18.3 Å². The molecule has 0 radical (unpaired) electrons. The lowest BCUT2D eigenvalue weighted by Crippen LogP contribution is -2.59. The van der Waals surface area contributed by atoms with E-state index in [-0.39, 0.29) is 73.8 Å². The highest BCUT2D eigenvalue weighted by Gasteiger charge is 2.50. The summed E-state index contributed by atoms with van der Waals surface area (Å²) in [6.45, 7) is 1.72. The van der Waals surface area contributed by atoms with Gasteiger partial charge in [0.1, 0.15) is 46.7 Å². The van der Waals surface area contributed by atoms with Crippen LogP contribution in [0.3, 0.4) is 0 Å². The van der Waals surface area contributed by atoms with E-state index < -0.39 is 35.0 Å². The molecule has 0 spiro atoms. The van der Waals surface area contributed by atoms with E-state index in [1.807, 2.05) is 11.0 Å². The van der Waals surface area contributed by atoms with Crippen LogP contribution in [0.2, 0.25) is 0 Å². The van der Waals surface area contributed by atoms with Crippen molar-refractivity contribution in [1.29, 1.82) is 5.26 Å². The summed E-state index contributed by atoms with van der Waals surface area (Å²) in [5, 5.41) is 13.6. The standard InChI is InChI=1S/C32H29F5N8OS/c33-16-8-32(5-1-7-45(32)12-16)15-46-30-41-26-20(29(42-30)44-13-17-4-6-31(14-44,43-17)9-22(35)36)11-40-25(24(26)37)18-2-3-21(34)27-23(18)19(10-38)28(39)47-27/h2-3,9,11,16-17,43H,1,4-8,12-15,39H2/t16-,17-,31-,32?/m1/s1. The Hall–Kier alpha value is -4.13. The molecule has 1 aromatic carbocycles. The van der Waals surface area contributed by atoms with Crippen LogP contribution in [0, 0.1) is 23.0 Å². The van der Waals surface area contributed by atoms with E-state index in [1.54, 1.807) is 0 Å². The maximum Gasteiger partial charge on any atom is 0.319 e. The summed E-state index contributed by atoms with van der Waals surface area (Å²) in [6.07, 6.45) is 2.65. The highest BCUT2D eigenvalue weighted by Crippen LogP contribution is 2.44. The van der Waals surface area contributed by atoms with Crippen molar-refractivity contribution >= 4 is 43.1 Å². The second-order valence-corrected chi connectivity index (χ2v) is 14.0. The summed E-state index contributed by atoms with van der Waals surface area (Å²) in [5.74, 6) is -1.19. The molecule has 4 aliphatic rings. The van der Waals surface area contributed by atoms with E-state index >= 15 is 4.39 Å². The Labute approximate surface area is 269 Å². The van der Waals surface area contributed by atoms with Crippen LogP contribution in [0.4, 0.5) is 32.8 Å². The van der Waals surface area contributed by atoms with Crippen LogP contribution < -0.4 is 20.7 Å². The maximum atomic E-state index is 16.8. The molecule has 47 heavy (non-hydrogen) atoms. The highest BCUT2D eigenvalue weighted by atomic mass is 32.1. The van der Waals surface area contributed by atoms with Crippen LogP contribution in [0.5, 0.6) is 6.01 Å². The number of benzene rings is 1. The fourth-order valence-corrected chi connectivity index (χ4v) is 9.05. The Balaban J connectivity index is 1.27. The molecule has 3 aromatic heterocycles. The average molecular weight is 669 g/mol. The number of thiophene rings is 1. The summed E-state index contributed by atoms with van der Waals surface area (Å²) in [4.78, 5) is 17.5. The molecule has 4 aromatic rings. The van der Waals surface area contributed by atoms with Gasteiger partial charge in [0.25, 0.3) is 6.08 Å². The molecular weight excluding hydrogens is 639 g/mol. The summed E-state index contributed by atoms with van der Waals surface area (Å²) in [6, 6.07) is 4.25. The molecule has 4 aliphatic heterocycles. The third-order valence-corrected chi connectivity index (χ3v) is 11.1. The van der Waals surface area contributed by atoms with E-state index in [9.17, 15) is 22.8 Å². The van der Waals surface area contributed by atoms with E-state index in [0.29, 0.717) is 32.4 Å². The van der Waals surface area contributed by atoms with Crippen LogP contribution >= 0.6 is 11.3 Å². The lowest BCUT2D eigenvalue weighted by Gasteiger charge is -2.40. The second kappa shape index (κ2) is 11.0. The van der Waals surface area contributed by atoms with E-state index in [0.717, 1.165) is 36.8 Å². The predicted molar refractivity (Wildman–Crippen MR) is 167 cm³/mol. The van der Waals surface area contributed by atoms with Gasteiger partial charge in [-0.15, -0.1) is 11.3 Å². The van der Waals surface area contributed by atoms with Gasteiger partial charge in [0.05, 0.1) is 26.7 Å². The minimum atomic E-state index is -1.80. The molecule has 9 nitrogen and oxygen atoms in total. The number of pyridine rings is 1. The minimum Gasteiger partial charge on any atom is -0.461 e. The number of hydrogen-bond donors (Lipinski definition) is 2. The number of fused-ring (bicyclic) bond motifs is 5. The zero-order valence-electron chi connectivity index (χ0n) is 25.0. The summed E-state index contributed by atoms with van der Waals surface area (Å²) in [7, 11) is 0. The first-order valence-electron chi connectivity index (χ1n) is 15.4. The van der Waals surface area contributed by atoms with Crippen molar-refractivity contribution in [2.45, 2.75) is 55.4 Å². The van der Waals surface area contributed by atoms with Crippen molar-refractivity contribution in [2.24, 2.45) is 0 Å². The number of nitrogens with one attached hydrogen (secondary N) is 1. The van der Waals surface area contributed by atoms with Crippen molar-refractivity contribution in [3.63, 3.8) is 0 Å². The van der Waals surface area contributed by atoms with Gasteiger partial charge in [0, 0.05) is 55.3 Å². The Morgan fingerprint density at radius 1 is 1.23 bits per heavy atom. The van der Waals surface area contributed by atoms with Gasteiger partial charge in [-0.2, -0.15) is 24.0 Å². The summed E-state index contributed by atoms with van der Waals surface area (Å²) in [5.41, 5.74) is 4.36. The zero-order valence-corrected chi connectivity index (χ0v) is 25.8. The van der Waals surface area contributed by atoms with Crippen molar-refractivity contribution in [3.8, 4) is 23.3 Å². The van der Waals surface area contributed by atoms with Crippen molar-refractivity contribution in [1.82, 2.24) is 25.2 Å². The molecule has 3 N–H and O–H groups in total. The summed E-state index contributed by atoms with van der Waals surface area (Å²) >= 11 is 0.891. The van der Waals surface area contributed by atoms with Crippen LogP contribution in [0.1, 0.15) is 37.7 Å². The van der Waals surface area contributed by atoms with Crippen molar-refractivity contribution in [2.75, 3.05) is 43.4 Å². The molecule has 7 heterocycles. The molecule has 0 amide bonds. The third-order valence-electron chi connectivity index (χ3n) is 10.1. The number of halogens is 5. The molecular formula is C32H29F5N8OS. The molecule has 4 saturated heterocycles. The number of alkyl halides is 1. The molecule has 0 aliphatic carbocycles. The van der Waals surface area contributed by atoms with Gasteiger partial charge >= 0.3 is 6.01 Å². The Morgan fingerprint density at radius 2 is 2.09 bits per heavy atom. The predicted octanol–water partition coefficient (Wildman–Crippen LogP) is 5.68. The monoisotopic (exact) mass is 668 g/mol. The minimum absolute atomic E-state index is 0.0195. The van der Waals surface area contributed by atoms with Crippen molar-refractivity contribution in [3.05, 3.63) is 47.7 Å². The Bertz CT molecular complexity index is 2010. The first-order valence-corrected chi connectivity index (χ1v) is 16.3. The second-order valence-electron chi connectivity index (χ2n) is 13.0. The zero-order chi connectivity index (χ0) is 32.7. The van der Waals surface area contributed by atoms with Gasteiger partial charge in [-0.1, -0.05) is 0 Å². The van der Waals surface area contributed by atoms with Gasteiger partial charge in [-0.3, -0.25) is 9.88 Å². The number of anilines is 2. The number of nitriles is 1. The molecule has 8 rings (SSSR count). The highest BCUT2D eigenvalue weighted by molar-refractivity contribution is 7.23. The first-order chi connectivity index (χ1) is 22.6. The smallest absolute Gasteiger partial charge is 0.319 e. The van der Waals surface area contributed by atoms with Crippen molar-refractivity contribution < 1.29 is 26.7 Å². The number of ether oxygens (including phenoxy) is 1. The lowest BCUT2D eigenvalue weighted by molar-refractivity contribution is 0.107. The largest absolute Gasteiger partial charge is 0.461 e. The normalized spacial score (nSPS) is 27.0. The molecule has 4 fully saturated rings. The maximum absolute atomic E-state index is 16.8. The SMILES string of the molecule is N#Cc1c(N)sc2c(F)ccc(-c3ncc4c(N5C[C@H]6CC[C@@](C=C(F)F)(C5)N6)nc(OCC56CCCN5C[C@H](F)C6)nc4c3F)c12. The van der Waals surface area contributed by atoms with Gasteiger partial charge in [0.2, 0.25) is 0 Å². The number of nitrogens with zero attached hydrogens (tertiary/aromatic N) is 6. The van der Waals surface area contributed by atoms with Gasteiger partial charge in [-0.25, -0.2) is 13.2 Å². The van der Waals surface area contributed by atoms with Gasteiger partial charge in [-0.05, 0) is 44.4 Å². The van der Waals surface area contributed by atoms with Crippen LogP contribution in [0.25, 0.3) is 32.2 Å². The number of piperazine rings is 1. The quantitative estimate of drug-likeness (QED) is 0.250. The summed E-state index contributed by atoms with van der Waals surface area (Å²) < 4.78 is 79.4. The number of nitrogens with two attached hydrogens (primary N) is 1. The topological polar surface area (TPSA) is 116 Å². The molecule has 4 atom stereocenters. The Morgan fingerprint density at radius 3 is 2.89 bits per heavy atom. The molecule has 0 saturated carbocycles. The van der Waals surface area contributed by atoms with Crippen LogP contribution in [-0.4, -0.2) is 75.9 Å². The van der Waals surface area contributed by atoms with Crippen LogP contribution in [0.15, 0.2) is 30.5 Å². The average Bonchev–Trinajstić information content (AvgIpc) is 3.75. The number of aromatic nitrogens is 3. The number of hydrogen-bond acceptors (Lipinski definition) is 10.